The van der Waals surface area contributed by atoms with Crippen LogP contribution in [0.3, 0.4) is 0 Å². The van der Waals surface area contributed by atoms with Crippen LogP contribution in [-0.4, -0.2) is 35.0 Å². The summed E-state index contributed by atoms with van der Waals surface area (Å²) in [5.41, 5.74) is 6.86. The Kier molecular flexibility index (Phi) is 4.17. The molecule has 0 aromatic heterocycles. The van der Waals surface area contributed by atoms with E-state index >= 15 is 0 Å². The molecule has 2 rings (SSSR count). The first kappa shape index (κ1) is 14.0. The van der Waals surface area contributed by atoms with Crippen molar-refractivity contribution in [3.05, 3.63) is 35.1 Å². The number of hydrogen-bond acceptors (Lipinski definition) is 3. The second kappa shape index (κ2) is 5.67. The molecule has 1 fully saturated rings. The number of benzene rings is 1. The van der Waals surface area contributed by atoms with E-state index in [1.165, 1.54) is 12.1 Å². The summed E-state index contributed by atoms with van der Waals surface area (Å²) in [5, 5.41) is 10.4. The Hall–Kier alpha value is -1.46. The number of aryl methyl sites for hydroxylation is 1. The maximum Gasteiger partial charge on any atom is 0.223 e. The first-order chi connectivity index (χ1) is 9.04. The van der Waals surface area contributed by atoms with Crippen LogP contribution in [0.4, 0.5) is 4.39 Å². The molecular weight excluding hydrogens is 247 g/mol. The van der Waals surface area contributed by atoms with Gasteiger partial charge in [-0.3, -0.25) is 4.79 Å². The Bertz CT molecular complexity index is 479. The second-order valence-corrected chi connectivity index (χ2v) is 4.93. The Labute approximate surface area is 112 Å². The molecule has 0 bridgehead atoms. The second-order valence-electron chi connectivity index (χ2n) is 4.93. The number of rotatable bonds is 4. The normalized spacial score (nSPS) is 20.9. The zero-order chi connectivity index (χ0) is 14.0. The number of hydrogen-bond donors (Lipinski definition) is 2. The smallest absolute Gasteiger partial charge is 0.223 e. The van der Waals surface area contributed by atoms with Crippen LogP contribution >= 0.6 is 0 Å². The van der Waals surface area contributed by atoms with Gasteiger partial charge in [0.05, 0.1) is 12.1 Å². The summed E-state index contributed by atoms with van der Waals surface area (Å²) in [5.74, 6) is -0.302. The molecule has 0 unspecified atom stereocenters. The minimum atomic E-state index is -0.793. The third-order valence-electron chi connectivity index (χ3n) is 3.66. The number of aliphatic hydroxyl groups excluding tert-OH is 1. The van der Waals surface area contributed by atoms with Gasteiger partial charge in [0, 0.05) is 19.5 Å². The fourth-order valence-electron chi connectivity index (χ4n) is 2.69. The quantitative estimate of drug-likeness (QED) is 0.858. The predicted octanol–water partition coefficient (Wildman–Crippen LogP) is 1.12. The number of nitrogens with two attached hydrogens (primary N) is 1. The molecule has 0 spiro atoms. The lowest BCUT2D eigenvalue weighted by Crippen LogP contribution is -2.40. The molecule has 1 aliphatic rings. The number of amides is 1. The monoisotopic (exact) mass is 266 g/mol. The molecule has 1 amide bonds. The van der Waals surface area contributed by atoms with Gasteiger partial charge < -0.3 is 15.7 Å². The first-order valence-electron chi connectivity index (χ1n) is 6.48. The number of carbonyl (C=O) groups excluding carboxylic acids is 1. The highest BCUT2D eigenvalue weighted by molar-refractivity contribution is 5.79. The third-order valence-corrected chi connectivity index (χ3v) is 3.66. The molecule has 5 heteroatoms. The van der Waals surface area contributed by atoms with E-state index in [9.17, 15) is 14.3 Å². The maximum atomic E-state index is 13.1. The zero-order valence-electron chi connectivity index (χ0n) is 11.0. The first-order valence-corrected chi connectivity index (χ1v) is 6.48. The molecule has 1 aromatic rings. The van der Waals surface area contributed by atoms with Crippen molar-refractivity contribution in [1.82, 2.24) is 4.90 Å². The molecule has 1 saturated heterocycles. The fourth-order valence-corrected chi connectivity index (χ4v) is 2.69. The SMILES string of the molecule is Cc1cc(F)ccc1[C@@H](O)[C@@H]1CCC(=O)N1CCN. The van der Waals surface area contributed by atoms with Crippen molar-refractivity contribution in [2.24, 2.45) is 5.73 Å². The van der Waals surface area contributed by atoms with Crippen molar-refractivity contribution < 1.29 is 14.3 Å². The van der Waals surface area contributed by atoms with Gasteiger partial charge in [-0.1, -0.05) is 6.07 Å². The van der Waals surface area contributed by atoms with Crippen LogP contribution in [-0.2, 0) is 4.79 Å². The van der Waals surface area contributed by atoms with Gasteiger partial charge in [0.1, 0.15) is 5.82 Å². The lowest BCUT2D eigenvalue weighted by atomic mass is 9.96. The summed E-state index contributed by atoms with van der Waals surface area (Å²) in [4.78, 5) is 13.4. The number of nitrogens with zero attached hydrogens (tertiary/aromatic N) is 1. The van der Waals surface area contributed by atoms with Crippen LogP contribution in [0, 0.1) is 12.7 Å². The zero-order valence-corrected chi connectivity index (χ0v) is 11.0. The molecule has 0 saturated carbocycles. The van der Waals surface area contributed by atoms with Crippen molar-refractivity contribution >= 4 is 5.91 Å². The predicted molar refractivity (Wildman–Crippen MR) is 69.9 cm³/mol. The summed E-state index contributed by atoms with van der Waals surface area (Å²) < 4.78 is 13.1. The largest absolute Gasteiger partial charge is 0.386 e. The van der Waals surface area contributed by atoms with Gasteiger partial charge in [0.2, 0.25) is 5.91 Å². The average Bonchev–Trinajstić information content (AvgIpc) is 2.71. The minimum absolute atomic E-state index is 0.0225. The van der Waals surface area contributed by atoms with Crippen molar-refractivity contribution in [1.29, 1.82) is 0 Å². The van der Waals surface area contributed by atoms with Crippen LogP contribution in [0.5, 0.6) is 0 Å². The summed E-state index contributed by atoms with van der Waals surface area (Å²) in [6.45, 7) is 2.57. The van der Waals surface area contributed by atoms with Gasteiger partial charge in [-0.2, -0.15) is 0 Å². The highest BCUT2D eigenvalue weighted by Crippen LogP contribution is 2.31. The lowest BCUT2D eigenvalue weighted by molar-refractivity contribution is -0.130. The topological polar surface area (TPSA) is 66.6 Å². The molecule has 104 valence electrons. The summed E-state index contributed by atoms with van der Waals surface area (Å²) in [6.07, 6.45) is 0.247. The standard InChI is InChI=1S/C14H19FN2O2/c1-9-8-10(15)2-3-11(9)14(19)12-4-5-13(18)17(12)7-6-16/h2-3,8,12,14,19H,4-7,16H2,1H3/t12-,14+/m0/s1. The van der Waals surface area contributed by atoms with E-state index in [0.29, 0.717) is 37.1 Å². The highest BCUT2D eigenvalue weighted by atomic mass is 19.1. The molecule has 1 aliphatic heterocycles. The molecule has 2 atom stereocenters. The molecule has 19 heavy (non-hydrogen) atoms. The van der Waals surface area contributed by atoms with E-state index in [1.807, 2.05) is 0 Å². The van der Waals surface area contributed by atoms with Crippen molar-refractivity contribution in [2.45, 2.75) is 31.9 Å². The molecule has 1 heterocycles. The van der Waals surface area contributed by atoms with E-state index in [0.717, 1.165) is 0 Å². The Morgan fingerprint density at radius 1 is 1.58 bits per heavy atom. The molecule has 4 nitrogen and oxygen atoms in total. The van der Waals surface area contributed by atoms with Crippen molar-refractivity contribution in [2.75, 3.05) is 13.1 Å². The Morgan fingerprint density at radius 2 is 2.32 bits per heavy atom. The third kappa shape index (κ3) is 2.77. The van der Waals surface area contributed by atoms with Gasteiger partial charge in [0.25, 0.3) is 0 Å². The van der Waals surface area contributed by atoms with E-state index in [1.54, 1.807) is 17.9 Å². The maximum absolute atomic E-state index is 13.1. The minimum Gasteiger partial charge on any atom is -0.386 e. The Morgan fingerprint density at radius 3 is 2.95 bits per heavy atom. The van der Waals surface area contributed by atoms with Gasteiger partial charge >= 0.3 is 0 Å². The van der Waals surface area contributed by atoms with Crippen molar-refractivity contribution in [3.8, 4) is 0 Å². The Balaban J connectivity index is 2.23. The van der Waals surface area contributed by atoms with Gasteiger partial charge in [-0.05, 0) is 36.6 Å². The van der Waals surface area contributed by atoms with Crippen LogP contribution in [0.1, 0.15) is 30.1 Å². The van der Waals surface area contributed by atoms with Gasteiger partial charge in [0.15, 0.2) is 0 Å². The van der Waals surface area contributed by atoms with Crippen LogP contribution in [0.15, 0.2) is 18.2 Å². The van der Waals surface area contributed by atoms with Crippen LogP contribution < -0.4 is 5.73 Å². The molecule has 0 aliphatic carbocycles. The van der Waals surface area contributed by atoms with E-state index in [4.69, 9.17) is 5.73 Å². The van der Waals surface area contributed by atoms with E-state index in [2.05, 4.69) is 0 Å². The molecule has 0 radical (unpaired) electrons. The summed E-state index contributed by atoms with van der Waals surface area (Å²) in [7, 11) is 0. The van der Waals surface area contributed by atoms with E-state index in [-0.39, 0.29) is 17.8 Å². The molecule has 1 aromatic carbocycles. The highest BCUT2D eigenvalue weighted by Gasteiger charge is 2.36. The van der Waals surface area contributed by atoms with Gasteiger partial charge in [-0.25, -0.2) is 4.39 Å². The van der Waals surface area contributed by atoms with E-state index < -0.39 is 6.10 Å². The average molecular weight is 266 g/mol. The lowest BCUT2D eigenvalue weighted by Gasteiger charge is -2.29. The molecular formula is C14H19FN2O2. The number of carbonyl (C=O) groups is 1. The van der Waals surface area contributed by atoms with Crippen LogP contribution in [0.2, 0.25) is 0 Å². The summed E-state index contributed by atoms with van der Waals surface area (Å²) >= 11 is 0. The molecule has 3 N–H and O–H groups in total. The number of halogens is 1. The van der Waals surface area contributed by atoms with Crippen molar-refractivity contribution in [3.63, 3.8) is 0 Å². The number of likely N-dealkylation sites (tertiary alicyclic amines) is 1. The van der Waals surface area contributed by atoms with Crippen LogP contribution in [0.25, 0.3) is 0 Å². The fraction of sp³-hybridized carbons (Fsp3) is 0.500. The number of aliphatic hydroxyl groups is 1. The summed E-state index contributed by atoms with van der Waals surface area (Å²) in [6, 6.07) is 4.04. The van der Waals surface area contributed by atoms with Gasteiger partial charge in [-0.15, -0.1) is 0 Å².